The van der Waals surface area contributed by atoms with Crippen LogP contribution in [0.3, 0.4) is 0 Å². The van der Waals surface area contributed by atoms with Gasteiger partial charge in [-0.1, -0.05) is 29.0 Å². The van der Waals surface area contributed by atoms with Crippen molar-refractivity contribution in [2.45, 2.75) is 9.79 Å². The number of benzene rings is 2. The van der Waals surface area contributed by atoms with Crippen molar-refractivity contribution in [3.05, 3.63) is 36.4 Å². The Bertz CT molecular complexity index is 852. The highest BCUT2D eigenvalue weighted by molar-refractivity contribution is 9.23. The molecule has 0 radical (unpaired) electrons. The maximum absolute atomic E-state index is 12.3. The van der Waals surface area contributed by atoms with Gasteiger partial charge in [-0.15, -0.1) is 0 Å². The highest BCUT2D eigenvalue weighted by atomic mass is 79.9. The third-order valence-corrected chi connectivity index (χ3v) is 9.89. The third-order valence-electron chi connectivity index (χ3n) is 2.76. The molecule has 0 bridgehead atoms. The molecule has 0 aliphatic carbocycles. The number of rotatable bonds is 4. The summed E-state index contributed by atoms with van der Waals surface area (Å²) < 4.78 is 50.6. The number of sulfonamides is 2. The van der Waals surface area contributed by atoms with Crippen molar-refractivity contribution in [3.63, 3.8) is 0 Å². The van der Waals surface area contributed by atoms with Crippen molar-refractivity contribution in [1.29, 1.82) is 0 Å². The molecule has 0 atom stereocenters. The van der Waals surface area contributed by atoms with Gasteiger partial charge in [0.25, 0.3) is 20.0 Å². The number of hydrogen-bond acceptors (Lipinski definition) is 4. The maximum atomic E-state index is 12.3. The molecule has 2 aromatic rings. The van der Waals surface area contributed by atoms with Crippen molar-refractivity contribution >= 4 is 95.4 Å². The van der Waals surface area contributed by atoms with E-state index in [0.29, 0.717) is 4.71 Å². The Morgan fingerprint density at radius 3 is 1.23 bits per heavy atom. The van der Waals surface area contributed by atoms with Crippen LogP contribution in [0, 0.1) is 0 Å². The molecule has 0 amide bonds. The van der Waals surface area contributed by atoms with Gasteiger partial charge in [-0.3, -0.25) is 0 Å². The number of fused-ring (bicyclic) bond motifs is 1. The van der Waals surface area contributed by atoms with E-state index in [4.69, 9.17) is 0 Å². The minimum Gasteiger partial charge on any atom is -0.205 e. The first-order valence-corrected chi connectivity index (χ1v) is 11.1. The summed E-state index contributed by atoms with van der Waals surface area (Å²) in [6.07, 6.45) is 0. The first-order valence-electron chi connectivity index (χ1n) is 5.35. The third kappa shape index (κ3) is 3.29. The van der Waals surface area contributed by atoms with Crippen LogP contribution >= 0.6 is 64.6 Å². The lowest BCUT2D eigenvalue weighted by molar-refractivity contribution is 0.583. The summed E-state index contributed by atoms with van der Waals surface area (Å²) in [5.74, 6) is 0. The normalized spacial score (nSPS) is 13.2. The van der Waals surface area contributed by atoms with Crippen LogP contribution in [0.25, 0.3) is 10.8 Å². The van der Waals surface area contributed by atoms with E-state index in [1.54, 1.807) is 0 Å². The minimum atomic E-state index is -3.85. The van der Waals surface area contributed by atoms with Gasteiger partial charge >= 0.3 is 0 Å². The maximum Gasteiger partial charge on any atom is 0.263 e. The van der Waals surface area contributed by atoms with Gasteiger partial charge in [0.05, 0.1) is 9.79 Å². The Hall–Kier alpha value is 0.440. The molecule has 0 aliphatic heterocycles. The largest absolute Gasteiger partial charge is 0.263 e. The van der Waals surface area contributed by atoms with E-state index in [2.05, 4.69) is 64.6 Å². The molecule has 22 heavy (non-hydrogen) atoms. The quantitative estimate of drug-likeness (QED) is 0.496. The molecule has 120 valence electrons. The van der Waals surface area contributed by atoms with Crippen molar-refractivity contribution < 1.29 is 16.8 Å². The van der Waals surface area contributed by atoms with E-state index in [-0.39, 0.29) is 20.6 Å². The molecule has 0 saturated heterocycles. The standard InChI is InChI=1S/C10H6Br4N2O4S2/c11-15(12)21(17,18)9-5-1-3-7-8(9)4-2-6-10(7)22(19,20)16(13)14/h1-6H. The van der Waals surface area contributed by atoms with E-state index in [1.807, 2.05) is 0 Å². The minimum absolute atomic E-state index is 0.0357. The Labute approximate surface area is 161 Å². The summed E-state index contributed by atoms with van der Waals surface area (Å²) in [5, 5.41) is 0.573. The first-order chi connectivity index (χ1) is 10.1. The molecule has 0 saturated carbocycles. The second-order valence-electron chi connectivity index (χ2n) is 3.96. The molecule has 0 aromatic heterocycles. The molecule has 0 heterocycles. The summed E-state index contributed by atoms with van der Waals surface area (Å²) in [6, 6.07) is 8.82. The number of hydrogen-bond donors (Lipinski definition) is 0. The smallest absolute Gasteiger partial charge is 0.205 e. The van der Waals surface area contributed by atoms with Crippen molar-refractivity contribution in [1.82, 2.24) is 4.71 Å². The fourth-order valence-electron chi connectivity index (χ4n) is 1.85. The SMILES string of the molecule is O=S(=O)(c1cccc2c(S(=O)(=O)N(Br)Br)cccc12)N(Br)Br. The van der Waals surface area contributed by atoms with Crippen molar-refractivity contribution in [3.8, 4) is 0 Å². The topological polar surface area (TPSA) is 74.8 Å². The number of halogens is 4. The van der Waals surface area contributed by atoms with Crippen LogP contribution in [-0.2, 0) is 20.0 Å². The first kappa shape index (κ1) is 18.8. The van der Waals surface area contributed by atoms with Crippen LogP contribution in [0.5, 0.6) is 0 Å². The van der Waals surface area contributed by atoms with Gasteiger partial charge in [0.15, 0.2) is 0 Å². The van der Waals surface area contributed by atoms with Gasteiger partial charge in [0.1, 0.15) is 0 Å². The van der Waals surface area contributed by atoms with Crippen LogP contribution < -0.4 is 0 Å². The monoisotopic (exact) mass is 598 g/mol. The van der Waals surface area contributed by atoms with Crippen LogP contribution in [0.2, 0.25) is 0 Å². The lowest BCUT2D eigenvalue weighted by atomic mass is 10.1. The highest BCUT2D eigenvalue weighted by Crippen LogP contribution is 2.34. The zero-order chi connectivity index (χ0) is 16.7. The van der Waals surface area contributed by atoms with Crippen LogP contribution in [-0.4, -0.2) is 21.6 Å². The van der Waals surface area contributed by atoms with Crippen molar-refractivity contribution in [2.75, 3.05) is 0 Å². The fourth-order valence-corrected chi connectivity index (χ4v) is 5.43. The van der Waals surface area contributed by atoms with E-state index in [9.17, 15) is 16.8 Å². The summed E-state index contributed by atoms with van der Waals surface area (Å²) in [4.78, 5) is -0.0713. The molecule has 0 fully saturated rings. The van der Waals surface area contributed by atoms with E-state index in [1.165, 1.54) is 36.4 Å². The fraction of sp³-hybridized carbons (Fsp3) is 0. The molecule has 12 heteroatoms. The van der Waals surface area contributed by atoms with Gasteiger partial charge in [0, 0.05) is 75.4 Å². The number of nitrogens with zero attached hydrogens (tertiary/aromatic N) is 2. The van der Waals surface area contributed by atoms with Gasteiger partial charge < -0.3 is 0 Å². The average molecular weight is 602 g/mol. The molecular weight excluding hydrogens is 596 g/mol. The van der Waals surface area contributed by atoms with Gasteiger partial charge in [-0.2, -0.15) is 0 Å². The van der Waals surface area contributed by atoms with Crippen LogP contribution in [0.4, 0.5) is 0 Å². The molecule has 0 unspecified atom stereocenters. The van der Waals surface area contributed by atoms with Crippen molar-refractivity contribution in [2.24, 2.45) is 0 Å². The zero-order valence-electron chi connectivity index (χ0n) is 10.3. The Balaban J connectivity index is 2.90. The van der Waals surface area contributed by atoms with Crippen LogP contribution in [0.15, 0.2) is 46.2 Å². The van der Waals surface area contributed by atoms with E-state index in [0.717, 1.165) is 0 Å². The Kier molecular flexibility index (Phi) is 5.76. The predicted molar refractivity (Wildman–Crippen MR) is 97.7 cm³/mol. The summed E-state index contributed by atoms with van der Waals surface area (Å²) >= 11 is 11.3. The lowest BCUT2D eigenvalue weighted by Gasteiger charge is -2.13. The molecule has 2 aromatic carbocycles. The van der Waals surface area contributed by atoms with Gasteiger partial charge in [-0.05, 0) is 12.1 Å². The molecule has 6 nitrogen and oxygen atoms in total. The average Bonchev–Trinajstić information content (AvgIpc) is 2.45. The molecular formula is C10H6Br4N2O4S2. The van der Waals surface area contributed by atoms with E-state index >= 15 is 0 Å². The summed E-state index contributed by atoms with van der Waals surface area (Å²) in [7, 11) is -7.70. The van der Waals surface area contributed by atoms with Gasteiger partial charge in [0.2, 0.25) is 0 Å². The van der Waals surface area contributed by atoms with Crippen LogP contribution in [0.1, 0.15) is 0 Å². The Morgan fingerprint density at radius 1 is 0.636 bits per heavy atom. The van der Waals surface area contributed by atoms with E-state index < -0.39 is 20.0 Å². The highest BCUT2D eigenvalue weighted by Gasteiger charge is 2.27. The summed E-state index contributed by atoms with van der Waals surface area (Å²) in [5.41, 5.74) is 0. The lowest BCUT2D eigenvalue weighted by Crippen LogP contribution is -2.14. The molecule has 2 rings (SSSR count). The molecule has 0 spiro atoms. The molecule has 0 N–H and O–H groups in total. The second-order valence-corrected chi connectivity index (χ2v) is 14.1. The van der Waals surface area contributed by atoms with Gasteiger partial charge in [-0.25, -0.2) is 16.8 Å². The Morgan fingerprint density at radius 2 is 0.955 bits per heavy atom. The second kappa shape index (κ2) is 6.75. The predicted octanol–water partition coefficient (Wildman–Crippen LogP) is 4.06. The zero-order valence-corrected chi connectivity index (χ0v) is 18.3. The summed E-state index contributed by atoms with van der Waals surface area (Å²) in [6.45, 7) is 0. The molecule has 0 aliphatic rings.